The molecule has 36 heavy (non-hydrogen) atoms. The second kappa shape index (κ2) is 7.45. The van der Waals surface area contributed by atoms with Crippen LogP contribution in [0.1, 0.15) is 37.5 Å². The van der Waals surface area contributed by atoms with Crippen molar-refractivity contribution < 1.29 is 4.42 Å². The van der Waals surface area contributed by atoms with Gasteiger partial charge in [-0.15, -0.1) is 0 Å². The fourth-order valence-electron chi connectivity index (χ4n) is 6.66. The minimum absolute atomic E-state index is 0.0318. The van der Waals surface area contributed by atoms with Crippen molar-refractivity contribution in [1.82, 2.24) is 0 Å². The maximum absolute atomic E-state index is 6.34. The molecule has 6 aromatic rings. The molecule has 1 nitrogen and oxygen atoms in total. The van der Waals surface area contributed by atoms with E-state index in [1.165, 1.54) is 33.4 Å². The van der Waals surface area contributed by atoms with E-state index in [1.807, 2.05) is 12.1 Å². The van der Waals surface area contributed by atoms with Gasteiger partial charge in [-0.05, 0) is 44.9 Å². The molecule has 0 saturated carbocycles. The third kappa shape index (κ3) is 2.72. The van der Waals surface area contributed by atoms with Crippen molar-refractivity contribution in [3.05, 3.63) is 132 Å². The summed E-state index contributed by atoms with van der Waals surface area (Å²) in [5, 5.41) is 2.33. The molecule has 174 valence electrons. The van der Waals surface area contributed by atoms with Gasteiger partial charge in [0.15, 0.2) is 0 Å². The summed E-state index contributed by atoms with van der Waals surface area (Å²) in [4.78, 5) is 0. The lowest BCUT2D eigenvalue weighted by atomic mass is 9.57. The van der Waals surface area contributed by atoms with Crippen LogP contribution in [0, 0.1) is 5.41 Å². The summed E-state index contributed by atoms with van der Waals surface area (Å²) < 4.78 is 6.34. The summed E-state index contributed by atoms with van der Waals surface area (Å²) in [6, 6.07) is 41.8. The molecule has 1 aromatic heterocycles. The van der Waals surface area contributed by atoms with Crippen molar-refractivity contribution in [2.75, 3.05) is 0 Å². The van der Waals surface area contributed by atoms with Gasteiger partial charge in [0.2, 0.25) is 0 Å². The summed E-state index contributed by atoms with van der Waals surface area (Å²) in [5.74, 6) is 0. The Bertz CT molecular complexity index is 1710. The molecule has 0 saturated heterocycles. The molecule has 1 heterocycles. The lowest BCUT2D eigenvalue weighted by molar-refractivity contribution is 0.277. The highest BCUT2D eigenvalue weighted by Crippen LogP contribution is 2.60. The molecule has 1 heteroatoms. The lowest BCUT2D eigenvalue weighted by Gasteiger charge is -2.44. The molecule has 1 aliphatic rings. The molecule has 0 amide bonds. The van der Waals surface area contributed by atoms with Gasteiger partial charge in [-0.2, -0.15) is 0 Å². The highest BCUT2D eigenvalue weighted by Gasteiger charge is 2.51. The molecule has 7 rings (SSSR count). The van der Waals surface area contributed by atoms with E-state index in [0.29, 0.717) is 0 Å². The van der Waals surface area contributed by atoms with Crippen molar-refractivity contribution in [2.24, 2.45) is 5.41 Å². The van der Waals surface area contributed by atoms with Crippen LogP contribution in [-0.2, 0) is 5.41 Å². The molecule has 5 aromatic carbocycles. The average Bonchev–Trinajstić information content (AvgIpc) is 3.43. The van der Waals surface area contributed by atoms with Crippen LogP contribution in [0.5, 0.6) is 0 Å². The molecule has 0 unspecified atom stereocenters. The fraction of sp³-hybridized carbons (Fsp3) is 0.143. The maximum atomic E-state index is 6.34. The third-order valence-corrected chi connectivity index (χ3v) is 8.11. The van der Waals surface area contributed by atoms with Gasteiger partial charge in [-0.25, -0.2) is 0 Å². The zero-order chi connectivity index (χ0) is 24.5. The normalized spacial score (nSPS) is 14.2. The van der Waals surface area contributed by atoms with Gasteiger partial charge in [-0.3, -0.25) is 0 Å². The van der Waals surface area contributed by atoms with E-state index in [9.17, 15) is 0 Å². The quantitative estimate of drug-likeness (QED) is 0.249. The molecule has 0 atom stereocenters. The van der Waals surface area contributed by atoms with Gasteiger partial charge in [0.1, 0.15) is 11.2 Å². The standard InChI is InChI=1S/C35H28O/c1-34(2,3)35(30-16-7-4-11-26(30)27-12-5-8-17-31(27)35)24-21-19-23(20-22-24)25-14-10-15-29-28-13-6-9-18-32(28)36-33(25)29/h4-22H,1-3H3. The summed E-state index contributed by atoms with van der Waals surface area (Å²) >= 11 is 0. The molecular formula is C35H28O. The number of furan rings is 1. The first-order chi connectivity index (χ1) is 17.5. The highest BCUT2D eigenvalue weighted by atomic mass is 16.3. The topological polar surface area (TPSA) is 13.1 Å². The number of hydrogen-bond acceptors (Lipinski definition) is 1. The minimum Gasteiger partial charge on any atom is -0.455 e. The fourth-order valence-corrected chi connectivity index (χ4v) is 6.66. The Morgan fingerprint density at radius 1 is 0.528 bits per heavy atom. The molecule has 1 aliphatic carbocycles. The molecule has 0 fully saturated rings. The van der Waals surface area contributed by atoms with E-state index in [4.69, 9.17) is 4.42 Å². The summed E-state index contributed by atoms with van der Waals surface area (Å²) in [5.41, 5.74) is 10.7. The maximum Gasteiger partial charge on any atom is 0.143 e. The van der Waals surface area contributed by atoms with Crippen molar-refractivity contribution in [1.29, 1.82) is 0 Å². The van der Waals surface area contributed by atoms with Crippen LogP contribution < -0.4 is 0 Å². The van der Waals surface area contributed by atoms with Crippen molar-refractivity contribution in [2.45, 2.75) is 26.2 Å². The van der Waals surface area contributed by atoms with Crippen molar-refractivity contribution >= 4 is 21.9 Å². The van der Waals surface area contributed by atoms with Crippen LogP contribution in [-0.4, -0.2) is 0 Å². The Kier molecular flexibility index (Phi) is 4.39. The molecule has 0 bridgehead atoms. The Morgan fingerprint density at radius 3 is 1.75 bits per heavy atom. The lowest BCUT2D eigenvalue weighted by Crippen LogP contribution is -2.40. The molecule has 0 radical (unpaired) electrons. The van der Waals surface area contributed by atoms with E-state index in [2.05, 4.69) is 124 Å². The Labute approximate surface area is 212 Å². The predicted molar refractivity (Wildman–Crippen MR) is 150 cm³/mol. The van der Waals surface area contributed by atoms with Gasteiger partial charge in [-0.1, -0.05) is 130 Å². The zero-order valence-corrected chi connectivity index (χ0v) is 20.9. The monoisotopic (exact) mass is 464 g/mol. The van der Waals surface area contributed by atoms with E-state index in [-0.39, 0.29) is 10.8 Å². The molecule has 0 spiro atoms. The summed E-state index contributed by atoms with van der Waals surface area (Å²) in [6.45, 7) is 7.11. The summed E-state index contributed by atoms with van der Waals surface area (Å²) in [7, 11) is 0. The second-order valence-electron chi connectivity index (χ2n) is 10.9. The van der Waals surface area contributed by atoms with Crippen LogP contribution in [0.4, 0.5) is 0 Å². The van der Waals surface area contributed by atoms with Crippen LogP contribution >= 0.6 is 0 Å². The van der Waals surface area contributed by atoms with Gasteiger partial charge in [0.25, 0.3) is 0 Å². The number of benzene rings is 5. The smallest absolute Gasteiger partial charge is 0.143 e. The van der Waals surface area contributed by atoms with E-state index >= 15 is 0 Å². The van der Waals surface area contributed by atoms with Crippen LogP contribution in [0.2, 0.25) is 0 Å². The Hall–Kier alpha value is -4.10. The van der Waals surface area contributed by atoms with Crippen LogP contribution in [0.25, 0.3) is 44.2 Å². The van der Waals surface area contributed by atoms with Gasteiger partial charge in [0.05, 0.1) is 5.41 Å². The summed E-state index contributed by atoms with van der Waals surface area (Å²) in [6.07, 6.45) is 0. The van der Waals surface area contributed by atoms with E-state index in [1.54, 1.807) is 0 Å². The number of para-hydroxylation sites is 2. The molecular weight excluding hydrogens is 436 g/mol. The Morgan fingerprint density at radius 2 is 1.08 bits per heavy atom. The Balaban J connectivity index is 1.45. The van der Waals surface area contributed by atoms with Crippen molar-refractivity contribution in [3.8, 4) is 22.3 Å². The second-order valence-corrected chi connectivity index (χ2v) is 10.9. The van der Waals surface area contributed by atoms with Gasteiger partial charge >= 0.3 is 0 Å². The number of hydrogen-bond donors (Lipinski definition) is 0. The van der Waals surface area contributed by atoms with Gasteiger partial charge in [0, 0.05) is 16.3 Å². The average molecular weight is 465 g/mol. The first-order valence-electron chi connectivity index (χ1n) is 12.7. The SMILES string of the molecule is CC(C)(C)C1(c2ccc(-c3cccc4c3oc3ccccc34)cc2)c2ccccc2-c2ccccc21. The minimum atomic E-state index is -0.232. The molecule has 0 aliphatic heterocycles. The highest BCUT2D eigenvalue weighted by molar-refractivity contribution is 6.09. The predicted octanol–water partition coefficient (Wildman–Crippen LogP) is 9.61. The first kappa shape index (κ1) is 21.2. The largest absolute Gasteiger partial charge is 0.455 e. The van der Waals surface area contributed by atoms with Crippen molar-refractivity contribution in [3.63, 3.8) is 0 Å². The van der Waals surface area contributed by atoms with Crippen LogP contribution in [0.3, 0.4) is 0 Å². The number of fused-ring (bicyclic) bond motifs is 6. The van der Waals surface area contributed by atoms with Crippen LogP contribution in [0.15, 0.2) is 120 Å². The van der Waals surface area contributed by atoms with E-state index < -0.39 is 0 Å². The molecule has 0 N–H and O–H groups in total. The first-order valence-corrected chi connectivity index (χ1v) is 12.7. The third-order valence-electron chi connectivity index (χ3n) is 8.11. The van der Waals surface area contributed by atoms with E-state index in [0.717, 1.165) is 27.5 Å². The number of rotatable bonds is 2. The van der Waals surface area contributed by atoms with Gasteiger partial charge < -0.3 is 4.42 Å². The zero-order valence-electron chi connectivity index (χ0n) is 20.9.